The van der Waals surface area contributed by atoms with E-state index in [2.05, 4.69) is 0 Å². The Morgan fingerprint density at radius 1 is 1.21 bits per heavy atom. The van der Waals surface area contributed by atoms with Crippen molar-refractivity contribution in [2.24, 2.45) is 0 Å². The van der Waals surface area contributed by atoms with Crippen molar-refractivity contribution in [2.75, 3.05) is 0 Å². The molecule has 0 unspecified atom stereocenters. The second kappa shape index (κ2) is 8.62. The molecule has 1 aromatic heterocycles. The third kappa shape index (κ3) is 4.75. The van der Waals surface area contributed by atoms with Gasteiger partial charge in [0.05, 0.1) is 4.91 Å². The van der Waals surface area contributed by atoms with Crippen molar-refractivity contribution >= 4 is 52.2 Å². The van der Waals surface area contributed by atoms with Crippen LogP contribution in [-0.2, 0) is 14.4 Å². The first-order valence-electron chi connectivity index (χ1n) is 8.65. The average Bonchev–Trinajstić information content (AvgIpc) is 3.22. The average molecular weight is 431 g/mol. The minimum absolute atomic E-state index is 0.0735. The number of nitrogens with zero attached hydrogens (tertiary/aromatic N) is 1. The molecule has 1 atom stereocenters. The maximum absolute atomic E-state index is 12.7. The van der Waals surface area contributed by atoms with E-state index in [1.165, 1.54) is 6.08 Å². The van der Waals surface area contributed by atoms with Crippen LogP contribution in [0.5, 0.6) is 0 Å². The number of aryl methyl sites for hydroxylation is 1. The molecule has 1 aromatic carbocycles. The summed E-state index contributed by atoms with van der Waals surface area (Å²) in [5.41, 5.74) is 2.02. The smallest absolute Gasteiger partial charge is 0.326 e. The van der Waals surface area contributed by atoms with Gasteiger partial charge in [-0.1, -0.05) is 53.8 Å². The second-order valence-electron chi connectivity index (χ2n) is 6.41. The third-order valence-electron chi connectivity index (χ3n) is 4.29. The van der Waals surface area contributed by atoms with Gasteiger partial charge in [-0.25, -0.2) is 4.79 Å². The molecule has 7 nitrogen and oxygen atoms in total. The maximum atomic E-state index is 12.7. The number of rotatable bonds is 7. The van der Waals surface area contributed by atoms with Gasteiger partial charge in [-0.05, 0) is 25.5 Å². The van der Waals surface area contributed by atoms with E-state index in [1.807, 2.05) is 31.2 Å². The van der Waals surface area contributed by atoms with Crippen LogP contribution in [0.1, 0.15) is 24.2 Å². The van der Waals surface area contributed by atoms with Gasteiger partial charge in [-0.15, -0.1) is 0 Å². The molecular formula is C20H17NO6S2. The molecule has 1 aliphatic rings. The van der Waals surface area contributed by atoms with Crippen LogP contribution in [0.3, 0.4) is 0 Å². The van der Waals surface area contributed by atoms with Crippen LogP contribution < -0.4 is 0 Å². The summed E-state index contributed by atoms with van der Waals surface area (Å²) < 4.78 is 5.85. The minimum atomic E-state index is -1.33. The quantitative estimate of drug-likeness (QED) is 0.504. The Bertz CT molecular complexity index is 1010. The number of aliphatic carboxylic acids is 2. The predicted octanol–water partition coefficient (Wildman–Crippen LogP) is 3.77. The van der Waals surface area contributed by atoms with Gasteiger partial charge in [0, 0.05) is 18.1 Å². The van der Waals surface area contributed by atoms with E-state index < -0.39 is 23.9 Å². The SMILES string of the molecule is Cc1ccc(-c2ccc(/C=C3\SC(=S)N([C@@H](CCC(=O)O)C(=O)O)C3=O)o2)cc1. The van der Waals surface area contributed by atoms with E-state index >= 15 is 0 Å². The number of carbonyl (C=O) groups excluding carboxylic acids is 1. The summed E-state index contributed by atoms with van der Waals surface area (Å²) in [6.45, 7) is 1.99. The highest BCUT2D eigenvalue weighted by Crippen LogP contribution is 2.35. The maximum Gasteiger partial charge on any atom is 0.326 e. The number of carbonyl (C=O) groups is 3. The van der Waals surface area contributed by atoms with Gasteiger partial charge in [0.2, 0.25) is 0 Å². The predicted molar refractivity (Wildman–Crippen MR) is 112 cm³/mol. The lowest BCUT2D eigenvalue weighted by molar-refractivity contribution is -0.146. The van der Waals surface area contributed by atoms with Gasteiger partial charge in [0.25, 0.3) is 5.91 Å². The number of hydrogen-bond donors (Lipinski definition) is 2. The molecule has 9 heteroatoms. The minimum Gasteiger partial charge on any atom is -0.481 e. The normalized spacial score (nSPS) is 16.4. The lowest BCUT2D eigenvalue weighted by Gasteiger charge is -2.22. The van der Waals surface area contributed by atoms with Gasteiger partial charge < -0.3 is 14.6 Å². The van der Waals surface area contributed by atoms with Crippen molar-refractivity contribution in [1.82, 2.24) is 4.90 Å². The fourth-order valence-corrected chi connectivity index (χ4v) is 4.14. The molecule has 2 aromatic rings. The highest BCUT2D eigenvalue weighted by Gasteiger charge is 2.40. The van der Waals surface area contributed by atoms with Crippen LogP contribution in [0, 0.1) is 6.92 Å². The number of benzene rings is 1. The van der Waals surface area contributed by atoms with Crippen molar-refractivity contribution in [3.05, 3.63) is 52.6 Å². The van der Waals surface area contributed by atoms with Crippen molar-refractivity contribution in [2.45, 2.75) is 25.8 Å². The summed E-state index contributed by atoms with van der Waals surface area (Å²) in [5, 5.41) is 18.2. The van der Waals surface area contributed by atoms with E-state index in [4.69, 9.17) is 21.7 Å². The monoisotopic (exact) mass is 431 g/mol. The second-order valence-corrected chi connectivity index (χ2v) is 8.08. The fourth-order valence-electron chi connectivity index (χ4n) is 2.80. The fraction of sp³-hybridized carbons (Fsp3) is 0.200. The first kappa shape index (κ1) is 20.8. The molecule has 1 saturated heterocycles. The van der Waals surface area contributed by atoms with Crippen LogP contribution in [0.4, 0.5) is 0 Å². The Balaban J connectivity index is 1.81. The van der Waals surface area contributed by atoms with Gasteiger partial charge in [0.15, 0.2) is 0 Å². The summed E-state index contributed by atoms with van der Waals surface area (Å²) in [6.07, 6.45) is 0.890. The van der Waals surface area contributed by atoms with Crippen molar-refractivity contribution < 1.29 is 29.0 Å². The zero-order valence-corrected chi connectivity index (χ0v) is 17.0. The zero-order valence-electron chi connectivity index (χ0n) is 15.3. The highest BCUT2D eigenvalue weighted by molar-refractivity contribution is 8.26. The highest BCUT2D eigenvalue weighted by atomic mass is 32.2. The Morgan fingerprint density at radius 2 is 1.90 bits per heavy atom. The third-order valence-corrected chi connectivity index (χ3v) is 5.62. The number of carboxylic acids is 2. The number of amides is 1. The first-order chi connectivity index (χ1) is 13.8. The largest absolute Gasteiger partial charge is 0.481 e. The van der Waals surface area contributed by atoms with Crippen LogP contribution in [0.25, 0.3) is 17.4 Å². The van der Waals surface area contributed by atoms with E-state index in [9.17, 15) is 19.5 Å². The number of carboxylic acid groups (broad SMARTS) is 2. The van der Waals surface area contributed by atoms with Crippen molar-refractivity contribution in [1.29, 1.82) is 0 Å². The summed E-state index contributed by atoms with van der Waals surface area (Å²) >= 11 is 6.13. The van der Waals surface area contributed by atoms with E-state index in [0.717, 1.165) is 27.8 Å². The Morgan fingerprint density at radius 3 is 2.52 bits per heavy atom. The summed E-state index contributed by atoms with van der Waals surface area (Å²) in [7, 11) is 0. The van der Waals surface area contributed by atoms with Gasteiger partial charge in [-0.3, -0.25) is 14.5 Å². The molecule has 150 valence electrons. The Kier molecular flexibility index (Phi) is 6.19. The molecule has 0 bridgehead atoms. The number of thioether (sulfide) groups is 1. The van der Waals surface area contributed by atoms with E-state index in [0.29, 0.717) is 11.5 Å². The molecule has 0 spiro atoms. The number of furan rings is 1. The number of thiocarbonyl (C=S) groups is 1. The van der Waals surface area contributed by atoms with Crippen LogP contribution >= 0.6 is 24.0 Å². The zero-order chi connectivity index (χ0) is 21.1. The van der Waals surface area contributed by atoms with Crippen molar-refractivity contribution in [3.8, 4) is 11.3 Å². The van der Waals surface area contributed by atoms with Gasteiger partial charge in [0.1, 0.15) is 21.9 Å². The molecule has 29 heavy (non-hydrogen) atoms. The molecule has 3 rings (SSSR count). The molecule has 1 amide bonds. The van der Waals surface area contributed by atoms with Crippen LogP contribution in [0.15, 0.2) is 45.7 Å². The van der Waals surface area contributed by atoms with Crippen molar-refractivity contribution in [3.63, 3.8) is 0 Å². The summed E-state index contributed by atoms with van der Waals surface area (Å²) in [5.74, 6) is -1.96. The number of hydrogen-bond acceptors (Lipinski definition) is 6. The molecule has 2 N–H and O–H groups in total. The Hall–Kier alpha value is -2.91. The molecular weight excluding hydrogens is 414 g/mol. The lowest BCUT2D eigenvalue weighted by Crippen LogP contribution is -2.44. The molecule has 2 heterocycles. The molecule has 0 radical (unpaired) electrons. The lowest BCUT2D eigenvalue weighted by atomic mass is 10.1. The van der Waals surface area contributed by atoms with E-state index in [-0.39, 0.29) is 22.1 Å². The van der Waals surface area contributed by atoms with Crippen LogP contribution in [-0.4, -0.2) is 43.3 Å². The Labute approximate surface area is 176 Å². The molecule has 0 aliphatic carbocycles. The molecule has 0 saturated carbocycles. The van der Waals surface area contributed by atoms with Gasteiger partial charge >= 0.3 is 11.9 Å². The van der Waals surface area contributed by atoms with Crippen LogP contribution in [0.2, 0.25) is 0 Å². The topological polar surface area (TPSA) is 108 Å². The van der Waals surface area contributed by atoms with Gasteiger partial charge in [-0.2, -0.15) is 0 Å². The standard InChI is InChI=1S/C20H17NO6S2/c1-11-2-4-12(5-3-11)15-8-6-13(27-15)10-16-18(24)21(20(28)29-16)14(19(25)26)7-9-17(22)23/h2-6,8,10,14H,7,9H2,1H3,(H,22,23)(H,25,26)/b16-10-/t14-/m0/s1. The van der Waals surface area contributed by atoms with E-state index in [1.54, 1.807) is 12.1 Å². The summed E-state index contributed by atoms with van der Waals surface area (Å²) in [6, 6.07) is 9.95. The molecule has 1 aliphatic heterocycles. The summed E-state index contributed by atoms with van der Waals surface area (Å²) in [4.78, 5) is 36.2. The molecule has 1 fully saturated rings. The first-order valence-corrected chi connectivity index (χ1v) is 9.87.